The Morgan fingerprint density at radius 1 is 1.24 bits per heavy atom. The van der Waals surface area contributed by atoms with Gasteiger partial charge in [0.1, 0.15) is 10.8 Å². The van der Waals surface area contributed by atoms with Crippen LogP contribution in [0.1, 0.15) is 70.7 Å². The average molecular weight is 548 g/mol. The first-order valence-corrected chi connectivity index (χ1v) is 14.3. The van der Waals surface area contributed by atoms with Crippen LogP contribution in [0.4, 0.5) is 5.00 Å². The van der Waals surface area contributed by atoms with E-state index >= 15 is 0 Å². The van der Waals surface area contributed by atoms with Gasteiger partial charge in [0.2, 0.25) is 0 Å². The largest absolute Gasteiger partial charge is 0.467 e. The number of hydrogen-bond donors (Lipinski definition) is 1. The number of nitrogens with zero attached hydrogens (tertiary/aromatic N) is 2. The summed E-state index contributed by atoms with van der Waals surface area (Å²) in [5, 5.41) is 4.54. The van der Waals surface area contributed by atoms with Gasteiger partial charge in [-0.15, -0.1) is 11.3 Å². The number of nitrogens with one attached hydrogen (secondary N) is 1. The summed E-state index contributed by atoms with van der Waals surface area (Å²) in [5.41, 5.74) is 6.39. The van der Waals surface area contributed by atoms with Gasteiger partial charge in [-0.3, -0.25) is 4.79 Å². The van der Waals surface area contributed by atoms with E-state index in [2.05, 4.69) is 50.6 Å². The van der Waals surface area contributed by atoms with Crippen molar-refractivity contribution >= 4 is 40.1 Å². The van der Waals surface area contributed by atoms with Crippen LogP contribution in [0.25, 0.3) is 5.69 Å². The Bertz CT molecular complexity index is 1470. The van der Waals surface area contributed by atoms with Crippen molar-refractivity contribution < 1.29 is 9.21 Å². The number of rotatable bonds is 6. The van der Waals surface area contributed by atoms with E-state index < -0.39 is 0 Å². The molecule has 0 unspecified atom stereocenters. The second kappa shape index (κ2) is 10.6. The SMILES string of the molecule is Cc1cc(C=Nc2sc3c(c2C(=O)NCc2ccco2)CC[C@H](C(C)(C)C)C3)c(C)n1-c1ccc(Cl)cc1. The molecular formula is C31H34ClN3O2S. The van der Waals surface area contributed by atoms with Gasteiger partial charge < -0.3 is 14.3 Å². The third-order valence-corrected chi connectivity index (χ3v) is 8.99. The van der Waals surface area contributed by atoms with E-state index in [1.165, 1.54) is 4.88 Å². The number of furan rings is 1. The molecule has 3 aromatic heterocycles. The summed E-state index contributed by atoms with van der Waals surface area (Å²) in [4.78, 5) is 19.7. The Labute approximate surface area is 233 Å². The maximum absolute atomic E-state index is 13.5. The number of aryl methyl sites for hydroxylation is 1. The van der Waals surface area contributed by atoms with Crippen molar-refractivity contribution in [3.8, 4) is 5.69 Å². The molecule has 4 aromatic rings. The number of carbonyl (C=O) groups is 1. The lowest BCUT2D eigenvalue weighted by Gasteiger charge is -2.33. The molecule has 0 fully saturated rings. The molecule has 198 valence electrons. The molecular weight excluding hydrogens is 514 g/mol. The third kappa shape index (κ3) is 5.38. The maximum atomic E-state index is 13.5. The Morgan fingerprint density at radius 2 is 2.00 bits per heavy atom. The predicted molar refractivity (Wildman–Crippen MR) is 157 cm³/mol. The first kappa shape index (κ1) is 26.5. The predicted octanol–water partition coefficient (Wildman–Crippen LogP) is 8.23. The molecule has 5 nitrogen and oxygen atoms in total. The van der Waals surface area contributed by atoms with Crippen molar-refractivity contribution in [3.63, 3.8) is 0 Å². The van der Waals surface area contributed by atoms with E-state index in [-0.39, 0.29) is 11.3 Å². The van der Waals surface area contributed by atoms with Crippen molar-refractivity contribution in [2.45, 2.75) is 60.4 Å². The highest BCUT2D eigenvalue weighted by atomic mass is 35.5. The summed E-state index contributed by atoms with van der Waals surface area (Å²) >= 11 is 7.77. The van der Waals surface area contributed by atoms with E-state index in [0.29, 0.717) is 23.0 Å². The molecule has 1 aliphatic rings. The highest BCUT2D eigenvalue weighted by molar-refractivity contribution is 7.16. The molecule has 0 saturated heterocycles. The molecule has 0 spiro atoms. The van der Waals surface area contributed by atoms with Gasteiger partial charge in [-0.05, 0) is 92.5 Å². The van der Waals surface area contributed by atoms with Crippen molar-refractivity contribution in [2.75, 3.05) is 0 Å². The molecule has 1 aromatic carbocycles. The standard InChI is InChI=1S/C31H34ClN3O2S/c1-19-15-21(20(2)35(19)24-11-9-23(32)10-12-24)17-34-30-28(29(36)33-18-25-7-6-14-37-25)26-13-8-22(31(3,4)5)16-27(26)38-30/h6-7,9-12,14-15,17,22H,8,13,16,18H2,1-5H3,(H,33,36)/t22-/m0/s1. The minimum atomic E-state index is -0.0908. The van der Waals surface area contributed by atoms with E-state index in [1.54, 1.807) is 17.6 Å². The van der Waals surface area contributed by atoms with Gasteiger partial charge in [-0.1, -0.05) is 32.4 Å². The highest BCUT2D eigenvalue weighted by Gasteiger charge is 2.33. The van der Waals surface area contributed by atoms with Crippen molar-refractivity contribution in [1.29, 1.82) is 0 Å². The molecule has 1 atom stereocenters. The molecule has 3 heterocycles. The van der Waals surface area contributed by atoms with Crippen LogP contribution in [0.5, 0.6) is 0 Å². The maximum Gasteiger partial charge on any atom is 0.255 e. The van der Waals surface area contributed by atoms with Crippen molar-refractivity contribution in [3.05, 3.63) is 92.5 Å². The van der Waals surface area contributed by atoms with E-state index in [4.69, 9.17) is 21.0 Å². The fraction of sp³-hybridized carbons (Fsp3) is 0.355. The second-order valence-electron chi connectivity index (χ2n) is 11.1. The Kier molecular flexibility index (Phi) is 7.38. The van der Waals surface area contributed by atoms with Gasteiger partial charge in [0.15, 0.2) is 0 Å². The van der Waals surface area contributed by atoms with E-state index in [0.717, 1.165) is 58.2 Å². The van der Waals surface area contributed by atoms with Gasteiger partial charge in [0.05, 0.1) is 18.4 Å². The van der Waals surface area contributed by atoms with Crippen LogP contribution < -0.4 is 5.32 Å². The summed E-state index contributed by atoms with van der Waals surface area (Å²) in [6, 6.07) is 13.7. The molecule has 1 aliphatic carbocycles. The fourth-order valence-corrected chi connectivity index (χ4v) is 6.73. The monoisotopic (exact) mass is 547 g/mol. The van der Waals surface area contributed by atoms with Gasteiger partial charge in [0, 0.05) is 38.8 Å². The number of hydrogen-bond acceptors (Lipinski definition) is 4. The summed E-state index contributed by atoms with van der Waals surface area (Å²) < 4.78 is 7.62. The third-order valence-electron chi connectivity index (χ3n) is 7.58. The van der Waals surface area contributed by atoms with Crippen molar-refractivity contribution in [2.24, 2.45) is 16.3 Å². The summed E-state index contributed by atoms with van der Waals surface area (Å²) in [7, 11) is 0. The molecule has 0 radical (unpaired) electrons. The lowest BCUT2D eigenvalue weighted by Crippen LogP contribution is -2.28. The lowest BCUT2D eigenvalue weighted by molar-refractivity contribution is 0.0947. The number of benzene rings is 1. The molecule has 1 amide bonds. The second-order valence-corrected chi connectivity index (χ2v) is 12.7. The number of halogens is 1. The van der Waals surface area contributed by atoms with Crippen LogP contribution in [-0.2, 0) is 19.4 Å². The van der Waals surface area contributed by atoms with Crippen LogP contribution in [0, 0.1) is 25.2 Å². The number of aliphatic imine (C=N–C) groups is 1. The molecule has 0 bridgehead atoms. The number of thiophene rings is 1. The summed E-state index contributed by atoms with van der Waals surface area (Å²) in [6.45, 7) is 11.5. The topological polar surface area (TPSA) is 59.5 Å². The molecule has 0 aliphatic heterocycles. The lowest BCUT2D eigenvalue weighted by atomic mass is 9.72. The van der Waals surface area contributed by atoms with Gasteiger partial charge in [0.25, 0.3) is 5.91 Å². The Balaban J connectivity index is 1.48. The van der Waals surface area contributed by atoms with Crippen LogP contribution in [-0.4, -0.2) is 16.7 Å². The van der Waals surface area contributed by atoms with Crippen LogP contribution in [0.15, 0.2) is 58.1 Å². The summed E-state index contributed by atoms with van der Waals surface area (Å²) in [5.74, 6) is 1.23. The minimum absolute atomic E-state index is 0.0908. The van der Waals surface area contributed by atoms with Gasteiger partial charge >= 0.3 is 0 Å². The van der Waals surface area contributed by atoms with E-state index in [9.17, 15) is 4.79 Å². The number of carbonyl (C=O) groups excluding carboxylic acids is 1. The first-order valence-electron chi connectivity index (χ1n) is 13.1. The van der Waals surface area contributed by atoms with Crippen LogP contribution in [0.2, 0.25) is 5.02 Å². The van der Waals surface area contributed by atoms with Crippen LogP contribution >= 0.6 is 22.9 Å². The fourth-order valence-electron chi connectivity index (χ4n) is 5.34. The zero-order valence-electron chi connectivity index (χ0n) is 22.6. The molecule has 0 saturated carbocycles. The molecule has 1 N–H and O–H groups in total. The molecule has 7 heteroatoms. The van der Waals surface area contributed by atoms with E-state index in [1.807, 2.05) is 42.6 Å². The summed E-state index contributed by atoms with van der Waals surface area (Å²) in [6.07, 6.45) is 6.49. The zero-order chi connectivity index (χ0) is 27.0. The molecule has 5 rings (SSSR count). The first-order chi connectivity index (χ1) is 18.1. The number of fused-ring (bicyclic) bond motifs is 1. The average Bonchev–Trinajstić information content (AvgIpc) is 3.59. The zero-order valence-corrected chi connectivity index (χ0v) is 24.2. The van der Waals surface area contributed by atoms with Crippen LogP contribution in [0.3, 0.4) is 0 Å². The highest BCUT2D eigenvalue weighted by Crippen LogP contribution is 2.45. The number of aromatic nitrogens is 1. The molecule has 38 heavy (non-hydrogen) atoms. The number of amides is 1. The van der Waals surface area contributed by atoms with Gasteiger partial charge in [-0.25, -0.2) is 4.99 Å². The quantitative estimate of drug-likeness (QED) is 0.247. The Hall–Kier alpha value is -3.09. The smallest absolute Gasteiger partial charge is 0.255 e. The van der Waals surface area contributed by atoms with Gasteiger partial charge in [-0.2, -0.15) is 0 Å². The Morgan fingerprint density at radius 3 is 2.68 bits per heavy atom. The minimum Gasteiger partial charge on any atom is -0.467 e. The van der Waals surface area contributed by atoms with Crippen molar-refractivity contribution in [1.82, 2.24) is 9.88 Å². The normalized spacial score (nSPS) is 15.7.